The minimum atomic E-state index is -0.243. The molecular formula is C25H30N10O. The number of benzene rings is 1. The maximum atomic E-state index is 13.0. The first-order valence-electron chi connectivity index (χ1n) is 11.9. The van der Waals surface area contributed by atoms with Crippen LogP contribution in [0.5, 0.6) is 0 Å². The highest BCUT2D eigenvalue weighted by molar-refractivity contribution is 5.92. The van der Waals surface area contributed by atoms with E-state index in [0.717, 1.165) is 35.5 Å². The van der Waals surface area contributed by atoms with Gasteiger partial charge >= 0.3 is 0 Å². The highest BCUT2D eigenvalue weighted by Gasteiger charge is 2.24. The molecule has 0 fully saturated rings. The molecule has 1 aliphatic heterocycles. The quantitative estimate of drug-likeness (QED) is 0.393. The fourth-order valence-corrected chi connectivity index (χ4v) is 4.15. The van der Waals surface area contributed by atoms with E-state index in [1.165, 1.54) is 5.56 Å². The Morgan fingerprint density at radius 1 is 1.19 bits per heavy atom. The lowest BCUT2D eigenvalue weighted by Gasteiger charge is -2.20. The number of hydrogen-bond donors (Lipinski definition) is 3. The number of carbonyl (C=O) groups is 1. The number of nitrogens with one attached hydrogen (secondary N) is 3. The summed E-state index contributed by atoms with van der Waals surface area (Å²) in [6.07, 6.45) is 7.87. The van der Waals surface area contributed by atoms with Crippen molar-refractivity contribution in [1.29, 1.82) is 0 Å². The van der Waals surface area contributed by atoms with Crippen LogP contribution in [0.3, 0.4) is 0 Å². The predicted octanol–water partition coefficient (Wildman–Crippen LogP) is 2.58. The molecule has 186 valence electrons. The Morgan fingerprint density at radius 2 is 2.06 bits per heavy atom. The predicted molar refractivity (Wildman–Crippen MR) is 136 cm³/mol. The van der Waals surface area contributed by atoms with Crippen LogP contribution < -0.4 is 16.0 Å². The number of aryl methyl sites for hydroxylation is 1. The molecule has 0 saturated carbocycles. The minimum Gasteiger partial charge on any atom is -0.342 e. The summed E-state index contributed by atoms with van der Waals surface area (Å²) in [6.45, 7) is 7.50. The lowest BCUT2D eigenvalue weighted by Crippen LogP contribution is -2.35. The number of amides is 1. The van der Waals surface area contributed by atoms with Gasteiger partial charge in [0.15, 0.2) is 5.69 Å². The zero-order chi connectivity index (χ0) is 25.3. The van der Waals surface area contributed by atoms with Gasteiger partial charge in [0.1, 0.15) is 0 Å². The second kappa shape index (κ2) is 9.50. The fraction of sp³-hybridized carbons (Fsp3) is 0.360. The molecule has 11 nitrogen and oxygen atoms in total. The minimum absolute atomic E-state index is 0.183. The molecule has 0 saturated heterocycles. The third-order valence-electron chi connectivity index (χ3n) is 6.07. The van der Waals surface area contributed by atoms with Crippen molar-refractivity contribution in [1.82, 2.24) is 45.4 Å². The van der Waals surface area contributed by atoms with Crippen LogP contribution in [0.4, 0.5) is 11.6 Å². The number of rotatable bonds is 5. The van der Waals surface area contributed by atoms with Crippen molar-refractivity contribution in [2.45, 2.75) is 38.8 Å². The Bertz CT molecular complexity index is 1380. The third kappa shape index (κ3) is 5.10. The molecule has 1 amide bonds. The average molecular weight is 487 g/mol. The van der Waals surface area contributed by atoms with E-state index < -0.39 is 0 Å². The Kier molecular flexibility index (Phi) is 6.23. The van der Waals surface area contributed by atoms with Gasteiger partial charge in [-0.3, -0.25) is 9.48 Å². The fourth-order valence-electron chi connectivity index (χ4n) is 4.15. The van der Waals surface area contributed by atoms with Crippen molar-refractivity contribution >= 4 is 17.5 Å². The number of nitrogens with zero attached hydrogens (tertiary/aromatic N) is 7. The zero-order valence-electron chi connectivity index (χ0n) is 20.9. The van der Waals surface area contributed by atoms with E-state index >= 15 is 0 Å². The van der Waals surface area contributed by atoms with Gasteiger partial charge in [-0.05, 0) is 57.0 Å². The summed E-state index contributed by atoms with van der Waals surface area (Å²) in [5.74, 6) is 0.265. The maximum absolute atomic E-state index is 13.0. The molecule has 1 aromatic carbocycles. The first-order valence-corrected chi connectivity index (χ1v) is 11.9. The molecule has 1 aliphatic rings. The van der Waals surface area contributed by atoms with Crippen LogP contribution in [0.25, 0.3) is 11.3 Å². The van der Waals surface area contributed by atoms with Gasteiger partial charge in [-0.1, -0.05) is 17.3 Å². The van der Waals surface area contributed by atoms with E-state index in [1.54, 1.807) is 28.0 Å². The summed E-state index contributed by atoms with van der Waals surface area (Å²) in [4.78, 5) is 22.0. The van der Waals surface area contributed by atoms with Gasteiger partial charge in [0.25, 0.3) is 5.91 Å². The standard InChI is InChI=1S/C25H30N10O/c1-25(2,3)35-15-22(32-33-35)23(36)30-21-13-26-9-7-16-11-17(5-6-19(16)21)20-8-10-27-24(31-20)29-18-12-28-34(4)14-18/h5-6,8,10-12,14-15,21,26H,7,9,13H2,1-4H3,(H,30,36)(H,27,29,31)/t21-/m1/s1. The van der Waals surface area contributed by atoms with Crippen LogP contribution in [-0.4, -0.2) is 53.7 Å². The van der Waals surface area contributed by atoms with Crippen LogP contribution in [0.2, 0.25) is 0 Å². The van der Waals surface area contributed by atoms with Crippen LogP contribution in [0, 0.1) is 0 Å². The Morgan fingerprint density at radius 3 is 2.81 bits per heavy atom. The molecule has 3 aromatic heterocycles. The molecule has 4 heterocycles. The van der Waals surface area contributed by atoms with Crippen molar-refractivity contribution in [2.75, 3.05) is 18.4 Å². The van der Waals surface area contributed by atoms with Gasteiger partial charge in [-0.15, -0.1) is 5.10 Å². The van der Waals surface area contributed by atoms with Crippen LogP contribution in [0.1, 0.15) is 48.4 Å². The number of fused-ring (bicyclic) bond motifs is 1. The Labute approximate surface area is 209 Å². The SMILES string of the molecule is Cn1cc(Nc2nccc(-c3ccc4c(c3)CCNC[C@H]4NC(=O)c3cn(C(C)(C)C)nn3)n2)cn1. The summed E-state index contributed by atoms with van der Waals surface area (Å²) < 4.78 is 3.42. The monoisotopic (exact) mass is 486 g/mol. The molecule has 0 aliphatic carbocycles. The molecule has 0 spiro atoms. The Balaban J connectivity index is 1.36. The van der Waals surface area contributed by atoms with Gasteiger partial charge in [-0.2, -0.15) is 5.10 Å². The summed E-state index contributed by atoms with van der Waals surface area (Å²) in [7, 11) is 1.86. The van der Waals surface area contributed by atoms with Gasteiger partial charge in [0, 0.05) is 31.5 Å². The van der Waals surface area contributed by atoms with E-state index in [1.807, 2.05) is 46.1 Å². The van der Waals surface area contributed by atoms with Gasteiger partial charge in [0.05, 0.1) is 35.4 Å². The van der Waals surface area contributed by atoms with Crippen molar-refractivity contribution in [3.05, 3.63) is 65.9 Å². The lowest BCUT2D eigenvalue weighted by molar-refractivity contribution is 0.0931. The number of aromatic nitrogens is 7. The second-order valence-electron chi connectivity index (χ2n) is 9.91. The molecule has 4 aromatic rings. The van der Waals surface area contributed by atoms with Gasteiger partial charge in [0.2, 0.25) is 5.95 Å². The first kappa shape index (κ1) is 23.6. The van der Waals surface area contributed by atoms with E-state index in [0.29, 0.717) is 18.2 Å². The summed E-state index contributed by atoms with van der Waals surface area (Å²) in [5, 5.41) is 22.1. The highest BCUT2D eigenvalue weighted by Crippen LogP contribution is 2.27. The van der Waals surface area contributed by atoms with Crippen molar-refractivity contribution in [3.63, 3.8) is 0 Å². The average Bonchev–Trinajstić information content (AvgIpc) is 3.46. The number of anilines is 2. The molecular weight excluding hydrogens is 456 g/mol. The van der Waals surface area contributed by atoms with Crippen molar-refractivity contribution in [2.24, 2.45) is 7.05 Å². The first-order chi connectivity index (χ1) is 17.3. The van der Waals surface area contributed by atoms with Crippen LogP contribution >= 0.6 is 0 Å². The molecule has 1 atom stereocenters. The molecule has 0 bridgehead atoms. The van der Waals surface area contributed by atoms with E-state index in [2.05, 4.69) is 53.5 Å². The molecule has 11 heteroatoms. The Hall–Kier alpha value is -4.12. The number of hydrogen-bond acceptors (Lipinski definition) is 8. The van der Waals surface area contributed by atoms with E-state index in [9.17, 15) is 4.79 Å². The third-order valence-corrected chi connectivity index (χ3v) is 6.07. The van der Waals surface area contributed by atoms with Gasteiger partial charge in [-0.25, -0.2) is 14.6 Å². The maximum Gasteiger partial charge on any atom is 0.273 e. The van der Waals surface area contributed by atoms with Crippen molar-refractivity contribution in [3.8, 4) is 11.3 Å². The van der Waals surface area contributed by atoms with Crippen LogP contribution in [0.15, 0.2) is 49.1 Å². The summed E-state index contributed by atoms with van der Waals surface area (Å²) in [5.41, 5.74) is 4.95. The topological polar surface area (TPSA) is 127 Å². The largest absolute Gasteiger partial charge is 0.342 e. The molecule has 3 N–H and O–H groups in total. The highest BCUT2D eigenvalue weighted by atomic mass is 16.2. The molecule has 0 radical (unpaired) electrons. The smallest absolute Gasteiger partial charge is 0.273 e. The zero-order valence-corrected chi connectivity index (χ0v) is 20.9. The molecule has 0 unspecified atom stereocenters. The summed E-state index contributed by atoms with van der Waals surface area (Å²) >= 11 is 0. The second-order valence-corrected chi connectivity index (χ2v) is 9.91. The van der Waals surface area contributed by atoms with Crippen LogP contribution in [-0.2, 0) is 19.0 Å². The van der Waals surface area contributed by atoms with E-state index in [-0.39, 0.29) is 17.5 Å². The van der Waals surface area contributed by atoms with Gasteiger partial charge < -0.3 is 16.0 Å². The molecule has 36 heavy (non-hydrogen) atoms. The number of carbonyl (C=O) groups excluding carboxylic acids is 1. The summed E-state index contributed by atoms with van der Waals surface area (Å²) in [6, 6.07) is 7.97. The molecule has 5 rings (SSSR count). The van der Waals surface area contributed by atoms with E-state index in [4.69, 9.17) is 0 Å². The lowest BCUT2D eigenvalue weighted by atomic mass is 9.96. The normalized spacial score (nSPS) is 15.7. The van der Waals surface area contributed by atoms with Crippen molar-refractivity contribution < 1.29 is 4.79 Å².